The molecule has 1 aromatic rings. The standard InChI is InChI=1S/C24H35N3O8S/c1-4-16(3)21(26-36(34,35)18-7-5-15(2)6-8-18)23(31)27-13-11-17(12-14-27)22(30)25-19(24(32)33)9-10-20(28)29/h5-8,16-17,19,21,26H,4,9-14H2,1-3H3,(H,25,30)(H,28,29)(H,32,33)/t16-,19+,21+/m1/s1. The van der Waals surface area contributed by atoms with Gasteiger partial charge < -0.3 is 20.4 Å². The lowest BCUT2D eigenvalue weighted by molar-refractivity contribution is -0.144. The summed E-state index contributed by atoms with van der Waals surface area (Å²) in [6.45, 7) is 5.93. The van der Waals surface area contributed by atoms with Gasteiger partial charge in [0.2, 0.25) is 21.8 Å². The van der Waals surface area contributed by atoms with Crippen molar-refractivity contribution in [2.24, 2.45) is 11.8 Å². The molecule has 1 aliphatic heterocycles. The van der Waals surface area contributed by atoms with Gasteiger partial charge in [0.05, 0.1) is 4.90 Å². The Bertz CT molecular complexity index is 1050. The summed E-state index contributed by atoms with van der Waals surface area (Å²) in [6.07, 6.45) is 0.505. The highest BCUT2D eigenvalue weighted by Crippen LogP contribution is 2.22. The van der Waals surface area contributed by atoms with Crippen molar-refractivity contribution in [2.75, 3.05) is 13.1 Å². The Kier molecular flexibility index (Phi) is 10.4. The molecule has 12 heteroatoms. The maximum Gasteiger partial charge on any atom is 0.326 e. The molecule has 4 N–H and O–H groups in total. The van der Waals surface area contributed by atoms with E-state index < -0.39 is 45.9 Å². The Labute approximate surface area is 211 Å². The maximum atomic E-state index is 13.3. The van der Waals surface area contributed by atoms with Crippen molar-refractivity contribution < 1.29 is 37.8 Å². The number of hydrogen-bond donors (Lipinski definition) is 4. The molecule has 200 valence electrons. The second kappa shape index (κ2) is 12.8. The number of carbonyl (C=O) groups excluding carboxylic acids is 2. The number of carboxylic acids is 2. The molecule has 0 unspecified atom stereocenters. The van der Waals surface area contributed by atoms with Crippen molar-refractivity contribution in [3.05, 3.63) is 29.8 Å². The molecule has 0 aromatic heterocycles. The number of piperidine rings is 1. The molecule has 0 bridgehead atoms. The second-order valence-corrected chi connectivity index (χ2v) is 10.9. The molecule has 1 aliphatic rings. The van der Waals surface area contributed by atoms with Gasteiger partial charge in [-0.25, -0.2) is 13.2 Å². The Morgan fingerprint density at radius 2 is 1.67 bits per heavy atom. The third-order valence-electron chi connectivity index (χ3n) is 6.53. The van der Waals surface area contributed by atoms with E-state index in [1.807, 2.05) is 13.8 Å². The highest BCUT2D eigenvalue weighted by Gasteiger charge is 2.36. The van der Waals surface area contributed by atoms with Crippen LogP contribution in [0.2, 0.25) is 0 Å². The lowest BCUT2D eigenvalue weighted by Crippen LogP contribution is -2.54. The molecule has 1 heterocycles. The minimum absolute atomic E-state index is 0.0699. The van der Waals surface area contributed by atoms with Gasteiger partial charge in [0.1, 0.15) is 12.1 Å². The van der Waals surface area contributed by atoms with Crippen LogP contribution in [0.5, 0.6) is 0 Å². The summed E-state index contributed by atoms with van der Waals surface area (Å²) >= 11 is 0. The molecule has 0 saturated carbocycles. The number of benzene rings is 1. The van der Waals surface area contributed by atoms with Crippen LogP contribution in [0.3, 0.4) is 0 Å². The van der Waals surface area contributed by atoms with Crippen LogP contribution in [0.4, 0.5) is 0 Å². The van der Waals surface area contributed by atoms with E-state index in [-0.39, 0.29) is 55.5 Å². The van der Waals surface area contributed by atoms with E-state index in [1.54, 1.807) is 19.1 Å². The Morgan fingerprint density at radius 3 is 2.17 bits per heavy atom. The summed E-state index contributed by atoms with van der Waals surface area (Å²) in [5, 5.41) is 20.4. The average Bonchev–Trinajstić information content (AvgIpc) is 2.84. The first-order chi connectivity index (χ1) is 16.9. The zero-order chi connectivity index (χ0) is 27.0. The normalized spacial score (nSPS) is 17.1. The van der Waals surface area contributed by atoms with E-state index in [4.69, 9.17) is 5.11 Å². The first-order valence-corrected chi connectivity index (χ1v) is 13.5. The molecule has 2 amide bonds. The first-order valence-electron chi connectivity index (χ1n) is 12.0. The van der Waals surface area contributed by atoms with Crippen molar-refractivity contribution in [1.29, 1.82) is 0 Å². The second-order valence-electron chi connectivity index (χ2n) is 9.23. The van der Waals surface area contributed by atoms with Crippen LogP contribution in [0.25, 0.3) is 0 Å². The largest absolute Gasteiger partial charge is 0.481 e. The summed E-state index contributed by atoms with van der Waals surface area (Å²) < 4.78 is 28.4. The highest BCUT2D eigenvalue weighted by atomic mass is 32.2. The first kappa shape index (κ1) is 29.2. The molecule has 11 nitrogen and oxygen atoms in total. The number of rotatable bonds is 12. The molecule has 0 radical (unpaired) electrons. The summed E-state index contributed by atoms with van der Waals surface area (Å²) in [6, 6.07) is 4.06. The molecule has 3 atom stereocenters. The summed E-state index contributed by atoms with van der Waals surface area (Å²) in [5.74, 6) is -4.15. The van der Waals surface area contributed by atoms with Gasteiger partial charge in [-0.15, -0.1) is 0 Å². The number of hydrogen-bond acceptors (Lipinski definition) is 6. The quantitative estimate of drug-likeness (QED) is 0.317. The lowest BCUT2D eigenvalue weighted by Gasteiger charge is -2.35. The fraction of sp³-hybridized carbons (Fsp3) is 0.583. The van der Waals surface area contributed by atoms with Crippen LogP contribution in [0, 0.1) is 18.8 Å². The summed E-state index contributed by atoms with van der Waals surface area (Å²) in [5.41, 5.74) is 0.909. The SMILES string of the molecule is CC[C@@H](C)[C@H](NS(=O)(=O)c1ccc(C)cc1)C(=O)N1CCC(C(=O)N[C@@H](CCC(=O)O)C(=O)O)CC1. The van der Waals surface area contributed by atoms with E-state index in [9.17, 15) is 32.7 Å². The molecular weight excluding hydrogens is 490 g/mol. The molecule has 1 fully saturated rings. The van der Waals surface area contributed by atoms with Gasteiger partial charge >= 0.3 is 11.9 Å². The molecule has 0 aliphatic carbocycles. The van der Waals surface area contributed by atoms with Crippen molar-refractivity contribution >= 4 is 33.8 Å². The number of nitrogens with zero attached hydrogens (tertiary/aromatic N) is 1. The minimum atomic E-state index is -3.93. The lowest BCUT2D eigenvalue weighted by atomic mass is 9.93. The molecule has 1 aromatic carbocycles. The zero-order valence-electron chi connectivity index (χ0n) is 20.8. The smallest absolute Gasteiger partial charge is 0.326 e. The number of amides is 2. The molecule has 2 rings (SSSR count). The van der Waals surface area contributed by atoms with Crippen LogP contribution in [0.15, 0.2) is 29.2 Å². The Balaban J connectivity index is 2.03. The van der Waals surface area contributed by atoms with Crippen molar-refractivity contribution in [3.63, 3.8) is 0 Å². The van der Waals surface area contributed by atoms with Crippen LogP contribution in [-0.2, 0) is 29.2 Å². The van der Waals surface area contributed by atoms with Crippen molar-refractivity contribution in [3.8, 4) is 0 Å². The van der Waals surface area contributed by atoms with Crippen LogP contribution >= 0.6 is 0 Å². The number of likely N-dealkylation sites (tertiary alicyclic amines) is 1. The van der Waals surface area contributed by atoms with E-state index in [0.717, 1.165) is 5.56 Å². The van der Waals surface area contributed by atoms with Gasteiger partial charge in [-0.2, -0.15) is 4.72 Å². The molecule has 0 spiro atoms. The van der Waals surface area contributed by atoms with E-state index in [1.165, 1.54) is 17.0 Å². The van der Waals surface area contributed by atoms with Gasteiger partial charge in [-0.3, -0.25) is 14.4 Å². The number of carbonyl (C=O) groups is 4. The number of sulfonamides is 1. The van der Waals surface area contributed by atoms with E-state index in [2.05, 4.69) is 10.0 Å². The third kappa shape index (κ3) is 8.02. The zero-order valence-corrected chi connectivity index (χ0v) is 21.6. The molecular formula is C24H35N3O8S. The average molecular weight is 526 g/mol. The van der Waals surface area contributed by atoms with E-state index in [0.29, 0.717) is 6.42 Å². The monoisotopic (exact) mass is 525 g/mol. The number of carboxylic acid groups (broad SMARTS) is 2. The number of nitrogens with one attached hydrogen (secondary N) is 2. The third-order valence-corrected chi connectivity index (χ3v) is 7.99. The highest BCUT2D eigenvalue weighted by molar-refractivity contribution is 7.89. The van der Waals surface area contributed by atoms with E-state index >= 15 is 0 Å². The van der Waals surface area contributed by atoms with Crippen molar-refractivity contribution in [2.45, 2.75) is 69.9 Å². The predicted octanol–water partition coefficient (Wildman–Crippen LogP) is 1.36. The Morgan fingerprint density at radius 1 is 1.08 bits per heavy atom. The van der Waals surface area contributed by atoms with Crippen LogP contribution in [-0.4, -0.2) is 72.5 Å². The van der Waals surface area contributed by atoms with Crippen molar-refractivity contribution in [1.82, 2.24) is 14.9 Å². The van der Waals surface area contributed by atoms with Gasteiger partial charge in [0, 0.05) is 25.4 Å². The van der Waals surface area contributed by atoms with Gasteiger partial charge in [0.25, 0.3) is 0 Å². The molecule has 36 heavy (non-hydrogen) atoms. The number of aryl methyl sites for hydroxylation is 1. The maximum absolute atomic E-state index is 13.3. The summed E-state index contributed by atoms with van der Waals surface area (Å²) in [4.78, 5) is 49.6. The molecule has 1 saturated heterocycles. The van der Waals surface area contributed by atoms with Crippen LogP contribution in [0.1, 0.15) is 51.5 Å². The predicted molar refractivity (Wildman–Crippen MR) is 130 cm³/mol. The van der Waals surface area contributed by atoms with Gasteiger partial charge in [0.15, 0.2) is 0 Å². The summed E-state index contributed by atoms with van der Waals surface area (Å²) in [7, 11) is -3.93. The minimum Gasteiger partial charge on any atom is -0.481 e. The topological polar surface area (TPSA) is 170 Å². The Hall–Kier alpha value is -2.99. The van der Waals surface area contributed by atoms with Gasteiger partial charge in [-0.1, -0.05) is 38.0 Å². The fourth-order valence-electron chi connectivity index (χ4n) is 3.97. The van der Waals surface area contributed by atoms with Crippen LogP contribution < -0.4 is 10.0 Å². The van der Waals surface area contributed by atoms with Gasteiger partial charge in [-0.05, 0) is 44.2 Å². The fourth-order valence-corrected chi connectivity index (χ4v) is 5.27. The number of aliphatic carboxylic acids is 2.